The van der Waals surface area contributed by atoms with E-state index in [0.29, 0.717) is 0 Å². The highest BCUT2D eigenvalue weighted by atomic mass is 35.5. The van der Waals surface area contributed by atoms with Crippen molar-refractivity contribution in [3.8, 4) is 0 Å². The van der Waals surface area contributed by atoms with Gasteiger partial charge in [-0.3, -0.25) is 0 Å². The maximum atomic E-state index is 11.1. The lowest BCUT2D eigenvalue weighted by molar-refractivity contribution is 0.177. The summed E-state index contributed by atoms with van der Waals surface area (Å²) in [5.74, 6) is 0. The zero-order valence-corrected chi connectivity index (χ0v) is 8.58. The van der Waals surface area contributed by atoms with Crippen LogP contribution in [0.25, 0.3) is 0 Å². The molecule has 2 rings (SSSR count). The Kier molecular flexibility index (Phi) is 3.42. The Hall–Kier alpha value is -0.440. The fourth-order valence-electron chi connectivity index (χ4n) is 2.37. The van der Waals surface area contributed by atoms with E-state index < -0.39 is 0 Å². The van der Waals surface area contributed by atoms with Gasteiger partial charge in [0.05, 0.1) is 0 Å². The largest absolute Gasteiger partial charge is 0.338 e. The summed E-state index contributed by atoms with van der Waals surface area (Å²) in [4.78, 5) is 11.1. The topological polar surface area (TPSA) is 41.1 Å². The van der Waals surface area contributed by atoms with Crippen LogP contribution in [0.2, 0.25) is 0 Å². The standard InChI is InChI=1S/C9H16N2O.ClH/c12-8-10-7-6-9(11-8)4-2-1-3-5-9;/h1-7H2,(H2,10,11,12);1H. The highest BCUT2D eigenvalue weighted by Gasteiger charge is 2.35. The Labute approximate surface area is 85.1 Å². The van der Waals surface area contributed by atoms with Crippen molar-refractivity contribution in [1.29, 1.82) is 0 Å². The second-order valence-corrected chi connectivity index (χ2v) is 3.97. The fraction of sp³-hybridized carbons (Fsp3) is 0.889. The van der Waals surface area contributed by atoms with Gasteiger partial charge >= 0.3 is 6.03 Å². The van der Waals surface area contributed by atoms with Crippen molar-refractivity contribution in [3.63, 3.8) is 0 Å². The molecule has 2 amide bonds. The van der Waals surface area contributed by atoms with Crippen molar-refractivity contribution in [1.82, 2.24) is 10.6 Å². The summed E-state index contributed by atoms with van der Waals surface area (Å²) in [7, 11) is 0. The molecule has 1 aliphatic heterocycles. The quantitative estimate of drug-likeness (QED) is 0.621. The molecule has 1 aliphatic carbocycles. The van der Waals surface area contributed by atoms with Crippen molar-refractivity contribution >= 4 is 18.4 Å². The first-order valence-electron chi connectivity index (χ1n) is 4.87. The summed E-state index contributed by atoms with van der Waals surface area (Å²) in [6, 6.07) is 0.0307. The number of halogens is 1. The van der Waals surface area contributed by atoms with E-state index in [-0.39, 0.29) is 24.0 Å². The number of amides is 2. The number of hydrogen-bond acceptors (Lipinski definition) is 1. The minimum absolute atomic E-state index is 0. The Bertz CT molecular complexity index is 185. The normalized spacial score (nSPS) is 25.7. The van der Waals surface area contributed by atoms with E-state index in [9.17, 15) is 4.79 Å². The van der Waals surface area contributed by atoms with Gasteiger partial charge in [0.25, 0.3) is 0 Å². The fourth-order valence-corrected chi connectivity index (χ4v) is 2.37. The molecule has 1 saturated heterocycles. The van der Waals surface area contributed by atoms with E-state index in [2.05, 4.69) is 10.6 Å². The lowest BCUT2D eigenvalue weighted by atomic mass is 9.78. The van der Waals surface area contributed by atoms with Gasteiger partial charge < -0.3 is 10.6 Å². The van der Waals surface area contributed by atoms with Crippen LogP contribution in [0, 0.1) is 0 Å². The molecule has 0 atom stereocenters. The molecule has 0 aromatic rings. The molecule has 0 unspecified atom stereocenters. The molecule has 0 bridgehead atoms. The summed E-state index contributed by atoms with van der Waals surface area (Å²) in [6.07, 6.45) is 7.37. The molecule has 1 heterocycles. The summed E-state index contributed by atoms with van der Waals surface area (Å²) < 4.78 is 0. The van der Waals surface area contributed by atoms with Crippen LogP contribution in [-0.4, -0.2) is 18.1 Å². The molecule has 1 saturated carbocycles. The Morgan fingerprint density at radius 2 is 1.77 bits per heavy atom. The molecule has 3 nitrogen and oxygen atoms in total. The van der Waals surface area contributed by atoms with Crippen molar-refractivity contribution in [3.05, 3.63) is 0 Å². The minimum Gasteiger partial charge on any atom is -0.338 e. The average Bonchev–Trinajstić information content (AvgIpc) is 2.05. The molecule has 2 aliphatic rings. The maximum Gasteiger partial charge on any atom is 0.315 e. The number of carbonyl (C=O) groups is 1. The predicted molar refractivity (Wildman–Crippen MR) is 54.2 cm³/mol. The number of urea groups is 1. The van der Waals surface area contributed by atoms with Crippen molar-refractivity contribution in [2.45, 2.75) is 44.1 Å². The third-order valence-corrected chi connectivity index (χ3v) is 3.08. The number of nitrogens with one attached hydrogen (secondary N) is 2. The number of rotatable bonds is 0. The summed E-state index contributed by atoms with van der Waals surface area (Å²) in [5, 5.41) is 5.89. The Morgan fingerprint density at radius 1 is 1.08 bits per heavy atom. The predicted octanol–water partition coefficient (Wildman–Crippen LogP) is 1.81. The van der Waals surface area contributed by atoms with E-state index in [4.69, 9.17) is 0 Å². The van der Waals surface area contributed by atoms with Gasteiger partial charge in [0.1, 0.15) is 0 Å². The second-order valence-electron chi connectivity index (χ2n) is 3.97. The van der Waals surface area contributed by atoms with Crippen LogP contribution in [0.3, 0.4) is 0 Å². The van der Waals surface area contributed by atoms with Crippen LogP contribution >= 0.6 is 12.4 Å². The lowest BCUT2D eigenvalue weighted by Crippen LogP contribution is -2.59. The van der Waals surface area contributed by atoms with E-state index in [1.54, 1.807) is 0 Å². The summed E-state index contributed by atoms with van der Waals surface area (Å²) in [6.45, 7) is 0.853. The van der Waals surface area contributed by atoms with Crippen LogP contribution in [0.1, 0.15) is 38.5 Å². The molecule has 1 spiro atoms. The van der Waals surface area contributed by atoms with E-state index in [1.165, 1.54) is 32.1 Å². The Morgan fingerprint density at radius 3 is 2.38 bits per heavy atom. The third-order valence-electron chi connectivity index (χ3n) is 3.08. The highest BCUT2D eigenvalue weighted by molar-refractivity contribution is 5.85. The van der Waals surface area contributed by atoms with Crippen molar-refractivity contribution < 1.29 is 4.79 Å². The zero-order valence-electron chi connectivity index (χ0n) is 7.77. The van der Waals surface area contributed by atoms with Gasteiger partial charge in [0.15, 0.2) is 0 Å². The number of carbonyl (C=O) groups excluding carboxylic acids is 1. The number of hydrogen-bond donors (Lipinski definition) is 2. The lowest BCUT2D eigenvalue weighted by Gasteiger charge is -2.41. The molecular weight excluding hydrogens is 188 g/mol. The second kappa shape index (κ2) is 4.18. The molecule has 0 radical (unpaired) electrons. The first-order chi connectivity index (χ1) is 5.81. The van der Waals surface area contributed by atoms with Gasteiger partial charge in [0, 0.05) is 12.1 Å². The monoisotopic (exact) mass is 204 g/mol. The molecule has 0 aromatic carbocycles. The summed E-state index contributed by atoms with van der Waals surface area (Å²) >= 11 is 0. The van der Waals surface area contributed by atoms with Crippen LogP contribution in [0.4, 0.5) is 4.79 Å². The van der Waals surface area contributed by atoms with Gasteiger partial charge in [0.2, 0.25) is 0 Å². The maximum absolute atomic E-state index is 11.1. The van der Waals surface area contributed by atoms with Crippen LogP contribution in [-0.2, 0) is 0 Å². The smallest absolute Gasteiger partial charge is 0.315 e. The molecule has 2 fully saturated rings. The van der Waals surface area contributed by atoms with E-state index >= 15 is 0 Å². The minimum atomic E-state index is 0. The Balaban J connectivity index is 0.000000845. The zero-order chi connectivity index (χ0) is 8.44. The first kappa shape index (κ1) is 10.6. The van der Waals surface area contributed by atoms with Gasteiger partial charge in [-0.15, -0.1) is 12.4 Å². The van der Waals surface area contributed by atoms with Crippen LogP contribution in [0.15, 0.2) is 0 Å². The van der Waals surface area contributed by atoms with Gasteiger partial charge in [-0.05, 0) is 19.3 Å². The van der Waals surface area contributed by atoms with E-state index in [0.717, 1.165) is 13.0 Å². The highest BCUT2D eigenvalue weighted by Crippen LogP contribution is 2.31. The van der Waals surface area contributed by atoms with Crippen molar-refractivity contribution in [2.24, 2.45) is 0 Å². The van der Waals surface area contributed by atoms with Crippen LogP contribution in [0.5, 0.6) is 0 Å². The average molecular weight is 205 g/mol. The van der Waals surface area contributed by atoms with Gasteiger partial charge in [-0.2, -0.15) is 0 Å². The molecule has 13 heavy (non-hydrogen) atoms. The van der Waals surface area contributed by atoms with Crippen molar-refractivity contribution in [2.75, 3.05) is 6.54 Å². The SMILES string of the molecule is Cl.O=C1NCCC2(CCCCC2)N1. The molecule has 76 valence electrons. The molecule has 0 aromatic heterocycles. The van der Waals surface area contributed by atoms with Gasteiger partial charge in [-0.1, -0.05) is 19.3 Å². The summed E-state index contributed by atoms with van der Waals surface area (Å²) in [5.41, 5.74) is 0.167. The van der Waals surface area contributed by atoms with Crippen LogP contribution < -0.4 is 10.6 Å². The van der Waals surface area contributed by atoms with Gasteiger partial charge in [-0.25, -0.2) is 4.79 Å². The molecule has 2 N–H and O–H groups in total. The molecular formula is C9H17ClN2O. The first-order valence-corrected chi connectivity index (χ1v) is 4.87. The third kappa shape index (κ3) is 2.27. The van der Waals surface area contributed by atoms with E-state index in [1.807, 2.05) is 0 Å². The molecule has 4 heteroatoms.